The first-order valence-corrected chi connectivity index (χ1v) is 4.92. The molecule has 0 aliphatic carbocycles. The van der Waals surface area contributed by atoms with Gasteiger partial charge in [0.15, 0.2) is 0 Å². The van der Waals surface area contributed by atoms with E-state index in [4.69, 9.17) is 0 Å². The van der Waals surface area contributed by atoms with Gasteiger partial charge in [-0.2, -0.15) is 0 Å². The van der Waals surface area contributed by atoms with Gasteiger partial charge in [0.1, 0.15) is 0 Å². The molecular weight excluding hydrogens is 166 g/mol. The first kappa shape index (κ1) is 9.12. The van der Waals surface area contributed by atoms with Gasteiger partial charge in [-0.15, -0.1) is 0 Å². The van der Waals surface area contributed by atoms with Crippen molar-refractivity contribution in [3.8, 4) is 0 Å². The average molecular weight is 178 g/mol. The molecule has 0 saturated carbocycles. The number of nitrogens with one attached hydrogen (secondary N) is 1. The van der Waals surface area contributed by atoms with Crippen LogP contribution < -0.4 is 5.32 Å². The Balaban J connectivity index is 2.28. The number of aliphatic hydroxyl groups excluding tert-OH is 1. The summed E-state index contributed by atoms with van der Waals surface area (Å²) in [6, 6.07) is -0.0205. The zero-order valence-corrected chi connectivity index (χ0v) is 6.97. The molecule has 0 radical (unpaired) electrons. The highest BCUT2D eigenvalue weighted by Crippen LogP contribution is 2.09. The summed E-state index contributed by atoms with van der Waals surface area (Å²) in [6.45, 7) is 0.882. The van der Waals surface area contributed by atoms with E-state index in [1.807, 2.05) is 0 Å². The van der Waals surface area contributed by atoms with Crippen LogP contribution in [0.5, 0.6) is 0 Å². The Morgan fingerprint density at radius 1 is 1.82 bits per heavy atom. The first-order valence-electron chi connectivity index (χ1n) is 3.67. The lowest BCUT2D eigenvalue weighted by molar-refractivity contribution is 0.156. The van der Waals surface area contributed by atoms with Gasteiger partial charge in [0.05, 0.1) is 6.10 Å². The molecule has 1 rings (SSSR count). The molecule has 0 aromatic carbocycles. The summed E-state index contributed by atoms with van der Waals surface area (Å²) in [7, 11) is 0. The van der Waals surface area contributed by atoms with Crippen molar-refractivity contribution in [2.75, 3.05) is 12.3 Å². The van der Waals surface area contributed by atoms with Gasteiger partial charge < -0.3 is 15.0 Å². The Morgan fingerprint density at radius 2 is 2.55 bits per heavy atom. The summed E-state index contributed by atoms with van der Waals surface area (Å²) in [5.41, 5.74) is 0. The fraction of sp³-hybridized carbons (Fsp3) is 1.00. The van der Waals surface area contributed by atoms with Gasteiger partial charge in [0.2, 0.25) is 0 Å². The van der Waals surface area contributed by atoms with Gasteiger partial charge in [-0.3, -0.25) is 4.21 Å². The Bertz CT molecular complexity index is 147. The van der Waals surface area contributed by atoms with Gasteiger partial charge in [-0.1, -0.05) is 11.1 Å². The molecule has 1 aliphatic heterocycles. The van der Waals surface area contributed by atoms with Crippen LogP contribution in [-0.2, 0) is 11.1 Å². The van der Waals surface area contributed by atoms with E-state index in [0.717, 1.165) is 19.4 Å². The molecule has 0 amide bonds. The van der Waals surface area contributed by atoms with Crippen LogP contribution in [0.15, 0.2) is 0 Å². The zero-order valence-electron chi connectivity index (χ0n) is 6.16. The average Bonchev–Trinajstić information content (AvgIpc) is 2.35. The minimum absolute atomic E-state index is 0.0205. The van der Waals surface area contributed by atoms with E-state index in [1.54, 1.807) is 0 Å². The molecule has 4 nitrogen and oxygen atoms in total. The lowest BCUT2D eigenvalue weighted by Crippen LogP contribution is -2.38. The normalized spacial score (nSPS) is 30.2. The third-order valence-electron chi connectivity index (χ3n) is 1.87. The summed E-state index contributed by atoms with van der Waals surface area (Å²) in [6.07, 6.45) is 1.15. The lowest BCUT2D eigenvalue weighted by atomic mass is 10.1. The molecule has 1 aliphatic rings. The topological polar surface area (TPSA) is 72.4 Å². The van der Waals surface area contributed by atoms with Gasteiger partial charge in [-0.05, 0) is 19.4 Å². The second kappa shape index (κ2) is 4.15. The highest BCUT2D eigenvalue weighted by atomic mass is 32.2. The molecule has 11 heavy (non-hydrogen) atoms. The summed E-state index contributed by atoms with van der Waals surface area (Å²) in [5, 5.41) is 12.3. The molecule has 5 heteroatoms. The maximum Gasteiger partial charge on any atom is 0.0797 e. The molecule has 1 saturated heterocycles. The number of hydrogen-bond acceptors (Lipinski definition) is 4. The fourth-order valence-corrected chi connectivity index (χ4v) is 1.81. The van der Waals surface area contributed by atoms with E-state index in [2.05, 4.69) is 5.32 Å². The van der Waals surface area contributed by atoms with Crippen LogP contribution >= 0.6 is 0 Å². The number of hydrogen-bond donors (Lipinski definition) is 2. The van der Waals surface area contributed by atoms with Gasteiger partial charge in [0, 0.05) is 11.8 Å². The molecule has 0 aromatic rings. The van der Waals surface area contributed by atoms with E-state index in [0.29, 0.717) is 0 Å². The Morgan fingerprint density at radius 3 is 3.00 bits per heavy atom. The van der Waals surface area contributed by atoms with Crippen LogP contribution in [0.25, 0.3) is 0 Å². The van der Waals surface area contributed by atoms with Crippen LogP contribution in [0, 0.1) is 0 Å². The van der Waals surface area contributed by atoms with Crippen molar-refractivity contribution in [1.29, 1.82) is 0 Å². The number of rotatable bonds is 3. The first-order chi connectivity index (χ1) is 5.20. The van der Waals surface area contributed by atoms with E-state index >= 15 is 0 Å². The lowest BCUT2D eigenvalue weighted by Gasteiger charge is -2.18. The van der Waals surface area contributed by atoms with Crippen molar-refractivity contribution in [2.45, 2.75) is 25.0 Å². The Hall–Kier alpha value is 0.0300. The quantitative estimate of drug-likeness (QED) is 0.542. The van der Waals surface area contributed by atoms with Crippen molar-refractivity contribution >= 4 is 11.1 Å². The maximum absolute atomic E-state index is 10.2. The van der Waals surface area contributed by atoms with Gasteiger partial charge >= 0.3 is 0 Å². The van der Waals surface area contributed by atoms with E-state index < -0.39 is 17.2 Å². The van der Waals surface area contributed by atoms with Crippen LogP contribution in [-0.4, -0.2) is 38.3 Å². The van der Waals surface area contributed by atoms with Crippen LogP contribution in [0.1, 0.15) is 12.8 Å². The standard InChI is InChI=1S/C6H13NO3S/c8-6(4-11(9)10)5-2-1-3-7-5/h5-8H,1-4H2,(H,9,10)/p-1/t5-,6+/m0/s1. The molecule has 1 heterocycles. The highest BCUT2D eigenvalue weighted by Gasteiger charge is 2.21. The molecule has 0 spiro atoms. The molecule has 1 fully saturated rings. The molecule has 2 N–H and O–H groups in total. The number of aliphatic hydroxyl groups is 1. The predicted molar refractivity (Wildman–Crippen MR) is 40.8 cm³/mol. The minimum atomic E-state index is -2.13. The van der Waals surface area contributed by atoms with Gasteiger partial charge in [-0.25, -0.2) is 0 Å². The summed E-state index contributed by atoms with van der Waals surface area (Å²) < 4.78 is 20.4. The van der Waals surface area contributed by atoms with E-state index in [-0.39, 0.29) is 11.8 Å². The van der Waals surface area contributed by atoms with Crippen LogP contribution in [0.4, 0.5) is 0 Å². The molecule has 3 atom stereocenters. The second-order valence-electron chi connectivity index (χ2n) is 2.74. The largest absolute Gasteiger partial charge is 0.772 e. The van der Waals surface area contributed by atoms with E-state index in [9.17, 15) is 13.9 Å². The summed E-state index contributed by atoms with van der Waals surface area (Å²) >= 11 is -2.13. The zero-order chi connectivity index (χ0) is 8.27. The fourth-order valence-electron chi connectivity index (χ4n) is 1.30. The monoisotopic (exact) mass is 178 g/mol. The van der Waals surface area contributed by atoms with Crippen molar-refractivity contribution in [2.24, 2.45) is 0 Å². The molecule has 0 bridgehead atoms. The highest BCUT2D eigenvalue weighted by molar-refractivity contribution is 7.79. The third-order valence-corrected chi connectivity index (χ3v) is 2.48. The maximum atomic E-state index is 10.2. The van der Waals surface area contributed by atoms with Crippen LogP contribution in [0.3, 0.4) is 0 Å². The van der Waals surface area contributed by atoms with Crippen molar-refractivity contribution in [3.05, 3.63) is 0 Å². The summed E-state index contributed by atoms with van der Waals surface area (Å²) in [4.78, 5) is 0. The van der Waals surface area contributed by atoms with Gasteiger partial charge in [0.25, 0.3) is 0 Å². The molecule has 1 unspecified atom stereocenters. The summed E-state index contributed by atoms with van der Waals surface area (Å²) in [5.74, 6) is -0.155. The van der Waals surface area contributed by atoms with Crippen LogP contribution in [0.2, 0.25) is 0 Å². The second-order valence-corrected chi connectivity index (χ2v) is 3.68. The predicted octanol–water partition coefficient (Wildman–Crippen LogP) is -1.02. The molecular formula is C6H12NO3S-. The third kappa shape index (κ3) is 2.86. The SMILES string of the molecule is O=S([O-])C[C@@H](O)[C@@H]1CCCN1. The Labute approximate surface area is 68.3 Å². The minimum Gasteiger partial charge on any atom is -0.772 e. The molecule has 0 aromatic heterocycles. The van der Waals surface area contributed by atoms with Crippen molar-refractivity contribution < 1.29 is 13.9 Å². The Kier molecular flexibility index (Phi) is 3.45. The van der Waals surface area contributed by atoms with E-state index in [1.165, 1.54) is 0 Å². The van der Waals surface area contributed by atoms with Crippen molar-refractivity contribution in [3.63, 3.8) is 0 Å². The molecule has 66 valence electrons. The smallest absolute Gasteiger partial charge is 0.0797 e. The van der Waals surface area contributed by atoms with Crippen molar-refractivity contribution in [1.82, 2.24) is 5.32 Å².